The van der Waals surface area contributed by atoms with Crippen LogP contribution in [0.3, 0.4) is 0 Å². The number of hydrogen-bond acceptors (Lipinski definition) is 5. The zero-order chi connectivity index (χ0) is 23.3. The van der Waals surface area contributed by atoms with Crippen LogP contribution in [0.2, 0.25) is 0 Å². The van der Waals surface area contributed by atoms with Crippen molar-refractivity contribution in [2.75, 3.05) is 0 Å². The first-order valence-corrected chi connectivity index (χ1v) is 12.1. The molecule has 2 aromatic heterocycles. The third-order valence-corrected chi connectivity index (χ3v) is 6.44. The van der Waals surface area contributed by atoms with Crippen LogP contribution in [-0.2, 0) is 11.2 Å². The van der Waals surface area contributed by atoms with Gasteiger partial charge in [-0.05, 0) is 43.4 Å². The predicted molar refractivity (Wildman–Crippen MR) is 127 cm³/mol. The van der Waals surface area contributed by atoms with Crippen molar-refractivity contribution in [2.45, 2.75) is 71.9 Å². The fraction of sp³-hybridized carbons (Fsp3) is 0.500. The molecular weight excluding hydrogens is 424 g/mol. The first kappa shape index (κ1) is 23.9. The van der Waals surface area contributed by atoms with Crippen molar-refractivity contribution >= 4 is 34.2 Å². The van der Waals surface area contributed by atoms with Crippen molar-refractivity contribution in [2.24, 2.45) is 5.92 Å². The number of thiazole rings is 1. The lowest BCUT2D eigenvalue weighted by molar-refractivity contribution is -0.137. The van der Waals surface area contributed by atoms with Gasteiger partial charge in [0, 0.05) is 35.1 Å². The Hall–Kier alpha value is -2.74. The minimum absolute atomic E-state index is 0.0888. The number of carbonyl (C=O) groups is 2. The maximum atomic E-state index is 12.9. The molecule has 3 aromatic rings. The second-order valence-corrected chi connectivity index (χ2v) is 9.59. The smallest absolute Gasteiger partial charge is 0.305 e. The quantitative estimate of drug-likeness (QED) is 0.420. The largest absolute Gasteiger partial charge is 0.481 e. The molecule has 2 heterocycles. The van der Waals surface area contributed by atoms with Gasteiger partial charge in [0.25, 0.3) is 5.91 Å². The highest BCUT2D eigenvalue weighted by Gasteiger charge is 2.21. The van der Waals surface area contributed by atoms with Crippen LogP contribution in [0.4, 0.5) is 0 Å². The average Bonchev–Trinajstić information content (AvgIpc) is 3.36. The Balaban J connectivity index is 1.93. The minimum Gasteiger partial charge on any atom is -0.481 e. The molecule has 0 aliphatic heterocycles. The Bertz CT molecular complexity index is 1050. The highest BCUT2D eigenvalue weighted by molar-refractivity contribution is 7.09. The summed E-state index contributed by atoms with van der Waals surface area (Å²) in [6.07, 6.45) is 5.08. The molecule has 1 aromatic carbocycles. The zero-order valence-corrected chi connectivity index (χ0v) is 20.0. The van der Waals surface area contributed by atoms with E-state index < -0.39 is 12.0 Å². The van der Waals surface area contributed by atoms with E-state index in [1.54, 1.807) is 11.3 Å². The number of carbonyl (C=O) groups excluding carboxylic acids is 1. The second-order valence-electron chi connectivity index (χ2n) is 8.61. The predicted octanol–water partition coefficient (Wildman–Crippen LogP) is 5.06. The summed E-state index contributed by atoms with van der Waals surface area (Å²) in [6, 6.07) is 5.50. The van der Waals surface area contributed by atoms with Crippen molar-refractivity contribution in [1.82, 2.24) is 19.9 Å². The number of nitrogens with zero attached hydrogens (tertiary/aromatic N) is 3. The molecule has 0 saturated heterocycles. The van der Waals surface area contributed by atoms with E-state index in [0.717, 1.165) is 34.6 Å². The van der Waals surface area contributed by atoms with E-state index in [9.17, 15) is 14.7 Å². The van der Waals surface area contributed by atoms with E-state index in [0.29, 0.717) is 24.4 Å². The van der Waals surface area contributed by atoms with E-state index >= 15 is 0 Å². The van der Waals surface area contributed by atoms with Crippen molar-refractivity contribution < 1.29 is 14.7 Å². The zero-order valence-electron chi connectivity index (χ0n) is 19.2. The van der Waals surface area contributed by atoms with Gasteiger partial charge in [-0.15, -0.1) is 11.3 Å². The van der Waals surface area contributed by atoms with Gasteiger partial charge in [-0.3, -0.25) is 14.6 Å². The second kappa shape index (κ2) is 10.7. The van der Waals surface area contributed by atoms with Crippen LogP contribution in [0.1, 0.15) is 80.5 Å². The van der Waals surface area contributed by atoms with Gasteiger partial charge in [0.05, 0.1) is 23.0 Å². The Morgan fingerprint density at radius 3 is 2.56 bits per heavy atom. The van der Waals surface area contributed by atoms with Gasteiger partial charge in [-0.1, -0.05) is 27.7 Å². The molecule has 7 nitrogen and oxygen atoms in total. The van der Waals surface area contributed by atoms with Gasteiger partial charge in [0.1, 0.15) is 5.82 Å². The summed E-state index contributed by atoms with van der Waals surface area (Å²) < 4.78 is 2.29. The number of carboxylic acids is 1. The maximum absolute atomic E-state index is 12.9. The highest BCUT2D eigenvalue weighted by Crippen LogP contribution is 2.28. The topological polar surface area (TPSA) is 97.1 Å². The molecule has 3 rings (SSSR count). The highest BCUT2D eigenvalue weighted by atomic mass is 32.1. The van der Waals surface area contributed by atoms with Crippen LogP contribution in [0.15, 0.2) is 29.9 Å². The summed E-state index contributed by atoms with van der Waals surface area (Å²) in [7, 11) is 0. The van der Waals surface area contributed by atoms with Crippen molar-refractivity contribution in [3.8, 4) is 0 Å². The molecule has 0 bridgehead atoms. The third kappa shape index (κ3) is 5.73. The summed E-state index contributed by atoms with van der Waals surface area (Å²) >= 11 is 1.61. The molecule has 32 heavy (non-hydrogen) atoms. The molecule has 0 aliphatic rings. The number of carboxylic acid groups (broad SMARTS) is 1. The van der Waals surface area contributed by atoms with Crippen LogP contribution < -0.4 is 5.32 Å². The number of benzene rings is 1. The third-order valence-electron chi connectivity index (χ3n) is 5.66. The molecule has 1 atom stereocenters. The molecule has 8 heteroatoms. The van der Waals surface area contributed by atoms with Crippen LogP contribution in [0.5, 0.6) is 0 Å². The molecular formula is C24H32N4O3S. The standard InChI is InChI=1S/C24H32N4O3S/c1-5-18(6-2)28-21-8-7-16(24(31)26-17(9-15(3)4)11-23(29)30)10-20(21)27-22(28)12-19-13-25-14-32-19/h7-8,10,13-15,17-18H,5-6,9,11-12H2,1-4H3,(H,26,31)(H,29,30). The number of aliphatic carboxylic acids is 1. The molecule has 0 spiro atoms. The molecule has 1 unspecified atom stereocenters. The van der Waals surface area contributed by atoms with Crippen molar-refractivity contribution in [3.05, 3.63) is 46.2 Å². The monoisotopic (exact) mass is 456 g/mol. The molecule has 0 fully saturated rings. The molecule has 1 amide bonds. The average molecular weight is 457 g/mol. The van der Waals surface area contributed by atoms with Gasteiger partial charge in [0.15, 0.2) is 0 Å². The summed E-state index contributed by atoms with van der Waals surface area (Å²) in [5.74, 6) is 0.0779. The number of fused-ring (bicyclic) bond motifs is 1. The maximum Gasteiger partial charge on any atom is 0.305 e. The van der Waals surface area contributed by atoms with E-state index in [1.165, 1.54) is 0 Å². The number of aromatic nitrogens is 3. The summed E-state index contributed by atoms with van der Waals surface area (Å²) in [5.41, 5.74) is 4.11. The van der Waals surface area contributed by atoms with Gasteiger partial charge >= 0.3 is 5.97 Å². The minimum atomic E-state index is -0.914. The molecule has 172 valence electrons. The Labute approximate surface area is 192 Å². The molecule has 0 aliphatic carbocycles. The Kier molecular flexibility index (Phi) is 8.01. The van der Waals surface area contributed by atoms with Crippen LogP contribution in [0.25, 0.3) is 11.0 Å². The first-order chi connectivity index (χ1) is 15.3. The van der Waals surface area contributed by atoms with E-state index in [2.05, 4.69) is 28.7 Å². The lowest BCUT2D eigenvalue weighted by Gasteiger charge is -2.19. The number of nitrogens with one attached hydrogen (secondary N) is 1. The van der Waals surface area contributed by atoms with Gasteiger partial charge in [-0.25, -0.2) is 4.98 Å². The summed E-state index contributed by atoms with van der Waals surface area (Å²) in [5, 5.41) is 12.1. The Morgan fingerprint density at radius 2 is 1.97 bits per heavy atom. The number of hydrogen-bond donors (Lipinski definition) is 2. The molecule has 0 saturated carbocycles. The fourth-order valence-electron chi connectivity index (χ4n) is 4.20. The number of amides is 1. The lowest BCUT2D eigenvalue weighted by atomic mass is 10.0. The number of imidazole rings is 1. The van der Waals surface area contributed by atoms with Gasteiger partial charge in [-0.2, -0.15) is 0 Å². The lowest BCUT2D eigenvalue weighted by Crippen LogP contribution is -2.37. The molecule has 0 radical (unpaired) electrons. The fourth-order valence-corrected chi connectivity index (χ4v) is 4.79. The van der Waals surface area contributed by atoms with E-state index in [1.807, 2.05) is 43.8 Å². The number of rotatable bonds is 11. The van der Waals surface area contributed by atoms with E-state index in [4.69, 9.17) is 4.98 Å². The van der Waals surface area contributed by atoms with Crippen molar-refractivity contribution in [3.63, 3.8) is 0 Å². The normalized spacial score (nSPS) is 12.6. The van der Waals surface area contributed by atoms with Crippen LogP contribution >= 0.6 is 11.3 Å². The van der Waals surface area contributed by atoms with Gasteiger partial charge in [0.2, 0.25) is 0 Å². The van der Waals surface area contributed by atoms with Crippen molar-refractivity contribution in [1.29, 1.82) is 0 Å². The van der Waals surface area contributed by atoms with Gasteiger partial charge < -0.3 is 15.0 Å². The molecule has 2 N–H and O–H groups in total. The van der Waals surface area contributed by atoms with E-state index in [-0.39, 0.29) is 18.2 Å². The summed E-state index contributed by atoms with van der Waals surface area (Å²) in [6.45, 7) is 8.38. The van der Waals surface area contributed by atoms with Crippen LogP contribution in [0, 0.1) is 5.92 Å². The van der Waals surface area contributed by atoms with Crippen LogP contribution in [-0.4, -0.2) is 37.6 Å². The first-order valence-electron chi connectivity index (χ1n) is 11.2. The SMILES string of the molecule is CCC(CC)n1c(Cc2cncs2)nc2cc(C(=O)NC(CC(=O)O)CC(C)C)ccc21. The Morgan fingerprint density at radius 1 is 1.22 bits per heavy atom. The summed E-state index contributed by atoms with van der Waals surface area (Å²) in [4.78, 5) is 34.3.